The summed E-state index contributed by atoms with van der Waals surface area (Å²) in [5.74, 6) is -1.16. The van der Waals surface area contributed by atoms with E-state index in [9.17, 15) is 14.7 Å². The van der Waals surface area contributed by atoms with Crippen molar-refractivity contribution in [1.82, 2.24) is 0 Å². The summed E-state index contributed by atoms with van der Waals surface area (Å²) in [7, 11) is 0. The monoisotopic (exact) mass is 441 g/mol. The molecule has 1 heterocycles. The number of carbonyl (C=O) groups excluding carboxylic acids is 2. The van der Waals surface area contributed by atoms with E-state index < -0.39 is 11.8 Å². The first kappa shape index (κ1) is 24.0. The van der Waals surface area contributed by atoms with E-state index in [0.29, 0.717) is 13.0 Å². The standard InChI is InChI=1S/C26H35NO5/c28-23(25-24(29)19-31-26(25)30)17-16-21-14-10-5-3-1-2-4-6-11-15-22(21)27-32-18-20-12-8-7-9-13-20/h7-9,12-13,21,28H,1-6,10-11,14-19H2. The third kappa shape index (κ3) is 7.50. The maximum atomic E-state index is 11.9. The summed E-state index contributed by atoms with van der Waals surface area (Å²) < 4.78 is 4.75. The van der Waals surface area contributed by atoms with Gasteiger partial charge in [-0.15, -0.1) is 0 Å². The van der Waals surface area contributed by atoms with Gasteiger partial charge < -0.3 is 14.7 Å². The molecule has 32 heavy (non-hydrogen) atoms. The maximum Gasteiger partial charge on any atom is 0.345 e. The minimum absolute atomic E-state index is 0.153. The minimum Gasteiger partial charge on any atom is -0.511 e. The number of carbonyl (C=O) groups is 2. The Bertz CT molecular complexity index is 797. The molecule has 2 aliphatic rings. The zero-order valence-corrected chi connectivity index (χ0v) is 18.9. The van der Waals surface area contributed by atoms with E-state index in [4.69, 9.17) is 9.57 Å². The highest BCUT2D eigenvalue weighted by atomic mass is 16.6. The fourth-order valence-electron chi connectivity index (χ4n) is 4.43. The van der Waals surface area contributed by atoms with E-state index in [1.165, 1.54) is 38.5 Å². The molecule has 3 rings (SSSR count). The molecule has 1 N–H and O–H groups in total. The van der Waals surface area contributed by atoms with Crippen LogP contribution in [0.5, 0.6) is 0 Å². The second kappa shape index (κ2) is 13.0. The van der Waals surface area contributed by atoms with Gasteiger partial charge in [0.1, 0.15) is 17.9 Å². The lowest BCUT2D eigenvalue weighted by molar-refractivity contribution is -0.135. The summed E-state index contributed by atoms with van der Waals surface area (Å²) in [5.41, 5.74) is 1.92. The van der Waals surface area contributed by atoms with Crippen molar-refractivity contribution in [2.24, 2.45) is 11.1 Å². The zero-order valence-electron chi connectivity index (χ0n) is 18.9. The number of nitrogens with zero attached hydrogens (tertiary/aromatic N) is 1. The van der Waals surface area contributed by atoms with Crippen molar-refractivity contribution in [2.45, 2.75) is 83.7 Å². The average molecular weight is 442 g/mol. The molecule has 1 aliphatic heterocycles. The number of benzene rings is 1. The maximum absolute atomic E-state index is 11.9. The first-order valence-electron chi connectivity index (χ1n) is 12.0. The van der Waals surface area contributed by atoms with Crippen LogP contribution in [0.25, 0.3) is 0 Å². The molecule has 0 spiro atoms. The number of aliphatic hydroxyl groups is 1. The number of esters is 1. The predicted molar refractivity (Wildman–Crippen MR) is 123 cm³/mol. The molecule has 1 saturated heterocycles. The van der Waals surface area contributed by atoms with E-state index in [2.05, 4.69) is 5.16 Å². The highest BCUT2D eigenvalue weighted by molar-refractivity contribution is 6.22. The van der Waals surface area contributed by atoms with Crippen molar-refractivity contribution in [3.63, 3.8) is 0 Å². The highest BCUT2D eigenvalue weighted by Gasteiger charge is 2.32. The lowest BCUT2D eigenvalue weighted by Gasteiger charge is -2.20. The summed E-state index contributed by atoms with van der Waals surface area (Å²) in [6.07, 6.45) is 12.4. The molecule has 0 aromatic heterocycles. The number of cyclic esters (lactones) is 1. The Morgan fingerprint density at radius 1 is 1.00 bits per heavy atom. The summed E-state index contributed by atoms with van der Waals surface area (Å²) in [4.78, 5) is 29.4. The summed E-state index contributed by atoms with van der Waals surface area (Å²) in [5, 5.41) is 15.0. The van der Waals surface area contributed by atoms with Crippen molar-refractivity contribution in [3.8, 4) is 0 Å². The number of hydrogen-bond acceptors (Lipinski definition) is 6. The van der Waals surface area contributed by atoms with Crippen LogP contribution in [0, 0.1) is 5.92 Å². The summed E-state index contributed by atoms with van der Waals surface area (Å²) >= 11 is 0. The molecular formula is C26H35NO5. The Balaban J connectivity index is 1.70. The first-order valence-corrected chi connectivity index (χ1v) is 12.0. The van der Waals surface area contributed by atoms with Gasteiger partial charge in [0.2, 0.25) is 5.78 Å². The van der Waals surface area contributed by atoms with E-state index in [-0.39, 0.29) is 30.3 Å². The largest absolute Gasteiger partial charge is 0.511 e. The summed E-state index contributed by atoms with van der Waals surface area (Å²) in [6.45, 7) is 0.147. The van der Waals surface area contributed by atoms with Crippen LogP contribution < -0.4 is 0 Å². The van der Waals surface area contributed by atoms with Gasteiger partial charge in [0, 0.05) is 12.3 Å². The topological polar surface area (TPSA) is 85.2 Å². The highest BCUT2D eigenvalue weighted by Crippen LogP contribution is 2.26. The Morgan fingerprint density at radius 3 is 2.38 bits per heavy atom. The molecule has 0 bridgehead atoms. The van der Waals surface area contributed by atoms with Crippen molar-refractivity contribution in [1.29, 1.82) is 0 Å². The van der Waals surface area contributed by atoms with E-state index in [1.54, 1.807) is 0 Å². The van der Waals surface area contributed by atoms with Crippen LogP contribution in [0.3, 0.4) is 0 Å². The van der Waals surface area contributed by atoms with Crippen molar-refractivity contribution in [3.05, 3.63) is 47.2 Å². The molecule has 1 saturated carbocycles. The van der Waals surface area contributed by atoms with Crippen LogP contribution in [-0.2, 0) is 25.8 Å². The first-order chi connectivity index (χ1) is 15.6. The van der Waals surface area contributed by atoms with Crippen LogP contribution in [0.15, 0.2) is 46.8 Å². The van der Waals surface area contributed by atoms with Gasteiger partial charge in [-0.1, -0.05) is 80.4 Å². The molecule has 2 fully saturated rings. The van der Waals surface area contributed by atoms with Gasteiger partial charge >= 0.3 is 5.97 Å². The van der Waals surface area contributed by atoms with Gasteiger partial charge in [-0.2, -0.15) is 0 Å². The molecule has 1 aromatic carbocycles. The number of ether oxygens (including phenoxy) is 1. The van der Waals surface area contributed by atoms with Gasteiger partial charge in [-0.25, -0.2) is 4.79 Å². The molecule has 1 aliphatic carbocycles. The van der Waals surface area contributed by atoms with Gasteiger partial charge in [-0.05, 0) is 31.2 Å². The van der Waals surface area contributed by atoms with E-state index >= 15 is 0 Å². The van der Waals surface area contributed by atoms with Crippen LogP contribution in [0.1, 0.15) is 82.6 Å². The van der Waals surface area contributed by atoms with Crippen LogP contribution in [-0.4, -0.2) is 29.2 Å². The normalized spacial score (nSPS) is 23.9. The predicted octanol–water partition coefficient (Wildman–Crippen LogP) is 5.81. The number of hydrogen-bond donors (Lipinski definition) is 1. The summed E-state index contributed by atoms with van der Waals surface area (Å²) in [6, 6.07) is 9.97. The Kier molecular flexibility index (Phi) is 9.79. The van der Waals surface area contributed by atoms with Crippen LogP contribution in [0.4, 0.5) is 0 Å². The minimum atomic E-state index is -0.716. The molecular weight excluding hydrogens is 406 g/mol. The fourth-order valence-corrected chi connectivity index (χ4v) is 4.43. The van der Waals surface area contributed by atoms with Crippen molar-refractivity contribution >= 4 is 17.5 Å². The number of rotatable bonds is 6. The Hall–Kier alpha value is -2.63. The molecule has 1 aromatic rings. The van der Waals surface area contributed by atoms with Crippen molar-refractivity contribution < 1.29 is 24.3 Å². The fraction of sp³-hybridized carbons (Fsp3) is 0.577. The molecule has 0 amide bonds. The van der Waals surface area contributed by atoms with Gasteiger partial charge in [-0.3, -0.25) is 4.79 Å². The average Bonchev–Trinajstić information content (AvgIpc) is 3.13. The SMILES string of the molecule is O=C1COC(=O)C1=C(O)CCC1CCCCCCCCCCC1=NOCc1ccccc1. The number of oxime groups is 1. The zero-order chi connectivity index (χ0) is 22.6. The van der Waals surface area contributed by atoms with Crippen molar-refractivity contribution in [2.75, 3.05) is 6.61 Å². The number of ketones is 1. The number of aliphatic hydroxyl groups excluding tert-OH is 1. The second-order valence-electron chi connectivity index (χ2n) is 8.77. The Labute approximate surface area is 190 Å². The lowest BCUT2D eigenvalue weighted by Crippen LogP contribution is -2.17. The van der Waals surface area contributed by atoms with Crippen LogP contribution >= 0.6 is 0 Å². The quantitative estimate of drug-likeness (QED) is 0.198. The van der Waals surface area contributed by atoms with Gasteiger partial charge in [0.15, 0.2) is 6.61 Å². The molecule has 1 unspecified atom stereocenters. The molecule has 174 valence electrons. The number of allylic oxidation sites excluding steroid dienone is 1. The second-order valence-corrected chi connectivity index (χ2v) is 8.77. The third-order valence-electron chi connectivity index (χ3n) is 6.30. The van der Waals surface area contributed by atoms with Crippen LogP contribution in [0.2, 0.25) is 0 Å². The molecule has 6 heteroatoms. The van der Waals surface area contributed by atoms with E-state index in [1.807, 2.05) is 30.3 Å². The van der Waals surface area contributed by atoms with Gasteiger partial charge in [0.25, 0.3) is 0 Å². The number of Topliss-reactive ketones (excluding diaryl/α,β-unsaturated/α-hetero) is 1. The molecule has 6 nitrogen and oxygen atoms in total. The van der Waals surface area contributed by atoms with E-state index in [0.717, 1.165) is 37.0 Å². The third-order valence-corrected chi connectivity index (χ3v) is 6.30. The Morgan fingerprint density at radius 2 is 1.69 bits per heavy atom. The molecule has 0 radical (unpaired) electrons. The molecule has 1 atom stereocenters. The lowest BCUT2D eigenvalue weighted by atomic mass is 9.87. The van der Waals surface area contributed by atoms with Gasteiger partial charge in [0.05, 0.1) is 5.71 Å². The smallest absolute Gasteiger partial charge is 0.345 e.